The number of aromatic amines is 1. The molecule has 1 N–H and O–H groups in total. The van der Waals surface area contributed by atoms with Gasteiger partial charge < -0.3 is 14.4 Å². The van der Waals surface area contributed by atoms with Gasteiger partial charge in [0, 0.05) is 53.9 Å². The minimum atomic E-state index is -0.0191. The van der Waals surface area contributed by atoms with Crippen LogP contribution in [0.2, 0.25) is 5.02 Å². The molecule has 1 aliphatic rings. The van der Waals surface area contributed by atoms with E-state index in [0.29, 0.717) is 36.2 Å². The van der Waals surface area contributed by atoms with E-state index in [0.717, 1.165) is 35.1 Å². The number of nitrogens with one attached hydrogen (secondary N) is 1. The molecule has 0 bridgehead atoms. The van der Waals surface area contributed by atoms with Crippen LogP contribution in [-0.4, -0.2) is 57.0 Å². The molecule has 4 aromatic rings. The Labute approximate surface area is 191 Å². The van der Waals surface area contributed by atoms with Gasteiger partial charge in [0.25, 0.3) is 0 Å². The Bertz CT molecular complexity index is 1220. The van der Waals surface area contributed by atoms with Gasteiger partial charge in [-0.2, -0.15) is 4.98 Å². The first-order valence-electron chi connectivity index (χ1n) is 10.7. The first kappa shape index (κ1) is 20.7. The van der Waals surface area contributed by atoms with Crippen LogP contribution in [0.5, 0.6) is 0 Å². The van der Waals surface area contributed by atoms with Gasteiger partial charge in [-0.1, -0.05) is 35.0 Å². The lowest BCUT2D eigenvalue weighted by molar-refractivity contribution is -0.132. The quantitative estimate of drug-likeness (QED) is 0.491. The van der Waals surface area contributed by atoms with Crippen LogP contribution in [0.25, 0.3) is 22.3 Å². The van der Waals surface area contributed by atoms with Crippen molar-refractivity contribution in [2.24, 2.45) is 0 Å². The van der Waals surface area contributed by atoms with Gasteiger partial charge in [-0.25, -0.2) is 0 Å². The second-order valence-corrected chi connectivity index (χ2v) is 8.53. The van der Waals surface area contributed by atoms with Crippen LogP contribution in [0.4, 0.5) is 0 Å². The second kappa shape index (κ2) is 8.76. The van der Waals surface area contributed by atoms with Crippen LogP contribution in [0, 0.1) is 0 Å². The number of hydrogen-bond donors (Lipinski definition) is 1. The molecule has 1 unspecified atom stereocenters. The lowest BCUT2D eigenvalue weighted by Gasteiger charge is -2.36. The zero-order valence-electron chi connectivity index (χ0n) is 17.8. The number of amides is 1. The summed E-state index contributed by atoms with van der Waals surface area (Å²) in [6.07, 6.45) is 2.35. The van der Waals surface area contributed by atoms with Crippen LogP contribution in [0.3, 0.4) is 0 Å². The maximum absolute atomic E-state index is 12.9. The number of para-hydroxylation sites is 1. The largest absolute Gasteiger partial charge is 0.361 e. The minimum absolute atomic E-state index is 0.0191. The third-order valence-corrected chi connectivity index (χ3v) is 6.38. The first-order chi connectivity index (χ1) is 15.6. The number of piperazine rings is 1. The van der Waals surface area contributed by atoms with Crippen molar-refractivity contribution in [1.29, 1.82) is 0 Å². The fourth-order valence-corrected chi connectivity index (χ4v) is 4.31. The molecular weight excluding hydrogens is 426 g/mol. The lowest BCUT2D eigenvalue weighted by Crippen LogP contribution is -2.49. The van der Waals surface area contributed by atoms with Crippen LogP contribution < -0.4 is 0 Å². The third-order valence-electron chi connectivity index (χ3n) is 6.13. The van der Waals surface area contributed by atoms with E-state index in [-0.39, 0.29) is 11.9 Å². The number of rotatable bonds is 5. The molecule has 0 saturated carbocycles. The van der Waals surface area contributed by atoms with Crippen molar-refractivity contribution in [2.75, 3.05) is 26.2 Å². The predicted molar refractivity (Wildman–Crippen MR) is 123 cm³/mol. The van der Waals surface area contributed by atoms with Crippen LogP contribution in [-0.2, 0) is 11.2 Å². The summed E-state index contributed by atoms with van der Waals surface area (Å²) in [5, 5.41) is 5.90. The summed E-state index contributed by atoms with van der Waals surface area (Å²) in [7, 11) is 0. The van der Waals surface area contributed by atoms with Crippen molar-refractivity contribution in [3.8, 4) is 11.4 Å². The molecular formula is C24H24ClN5O2. The summed E-state index contributed by atoms with van der Waals surface area (Å²) < 4.78 is 5.53. The summed E-state index contributed by atoms with van der Waals surface area (Å²) in [4.78, 5) is 24.9. The highest BCUT2D eigenvalue weighted by molar-refractivity contribution is 6.30. The summed E-state index contributed by atoms with van der Waals surface area (Å²) in [6, 6.07) is 15.4. The molecule has 1 aliphatic heterocycles. The smallest absolute Gasteiger partial charge is 0.244 e. The average Bonchev–Trinajstić information content (AvgIpc) is 3.47. The number of aromatic nitrogens is 3. The molecule has 0 radical (unpaired) electrons. The molecule has 0 aliphatic carbocycles. The van der Waals surface area contributed by atoms with Gasteiger partial charge >= 0.3 is 0 Å². The Hall–Kier alpha value is -3.16. The van der Waals surface area contributed by atoms with E-state index in [1.165, 1.54) is 0 Å². The Kier molecular flexibility index (Phi) is 5.68. The number of halogens is 1. The first-order valence-corrected chi connectivity index (χ1v) is 11.1. The molecule has 1 fully saturated rings. The molecule has 5 rings (SSSR count). The van der Waals surface area contributed by atoms with Crippen LogP contribution in [0.15, 0.2) is 59.3 Å². The van der Waals surface area contributed by atoms with E-state index < -0.39 is 0 Å². The monoisotopic (exact) mass is 449 g/mol. The topological polar surface area (TPSA) is 78.3 Å². The van der Waals surface area contributed by atoms with Crippen LogP contribution in [0.1, 0.15) is 24.4 Å². The highest BCUT2D eigenvalue weighted by atomic mass is 35.5. The molecule has 8 heteroatoms. The SMILES string of the molecule is CC(c1nc(-c2ccc(Cl)cc2)no1)N1CCN(C(=O)Cc2c[nH]c3ccccc23)CC1. The molecule has 2 aromatic carbocycles. The van der Waals surface area contributed by atoms with Gasteiger partial charge in [-0.05, 0) is 42.8 Å². The summed E-state index contributed by atoms with van der Waals surface area (Å²) in [5.41, 5.74) is 2.97. The molecule has 2 aromatic heterocycles. The molecule has 32 heavy (non-hydrogen) atoms. The van der Waals surface area contributed by atoms with E-state index in [1.807, 2.05) is 53.6 Å². The Morgan fingerprint density at radius 3 is 2.66 bits per heavy atom. The zero-order valence-corrected chi connectivity index (χ0v) is 18.5. The van der Waals surface area contributed by atoms with Crippen molar-refractivity contribution >= 4 is 28.4 Å². The van der Waals surface area contributed by atoms with Gasteiger partial charge in [0.15, 0.2) is 0 Å². The number of carbonyl (C=O) groups is 1. The maximum Gasteiger partial charge on any atom is 0.244 e. The second-order valence-electron chi connectivity index (χ2n) is 8.09. The number of benzene rings is 2. The summed E-state index contributed by atoms with van der Waals surface area (Å²) >= 11 is 5.96. The standard InChI is InChI=1S/C24H24ClN5O2/c1-16(24-27-23(28-32-24)17-6-8-19(25)9-7-17)29-10-12-30(13-11-29)22(31)14-18-15-26-21-5-3-2-4-20(18)21/h2-9,15-16,26H,10-14H2,1H3. The maximum atomic E-state index is 12.9. The van der Waals surface area contributed by atoms with E-state index >= 15 is 0 Å². The minimum Gasteiger partial charge on any atom is -0.361 e. The summed E-state index contributed by atoms with van der Waals surface area (Å²) in [5.74, 6) is 1.29. The molecule has 3 heterocycles. The number of hydrogen-bond acceptors (Lipinski definition) is 5. The van der Waals surface area contributed by atoms with E-state index in [2.05, 4.69) is 33.0 Å². The lowest BCUT2D eigenvalue weighted by atomic mass is 10.1. The van der Waals surface area contributed by atoms with Gasteiger partial charge in [0.1, 0.15) is 0 Å². The highest BCUT2D eigenvalue weighted by Gasteiger charge is 2.28. The van der Waals surface area contributed by atoms with Crippen LogP contribution >= 0.6 is 11.6 Å². The van der Waals surface area contributed by atoms with Gasteiger partial charge in [-0.3, -0.25) is 9.69 Å². The third kappa shape index (κ3) is 4.13. The molecule has 1 atom stereocenters. The number of nitrogens with zero attached hydrogens (tertiary/aromatic N) is 4. The van der Waals surface area contributed by atoms with Gasteiger partial charge in [0.2, 0.25) is 17.6 Å². The van der Waals surface area contributed by atoms with E-state index in [1.54, 1.807) is 0 Å². The molecule has 0 spiro atoms. The van der Waals surface area contributed by atoms with Crippen molar-refractivity contribution < 1.29 is 9.32 Å². The molecule has 1 amide bonds. The Balaban J connectivity index is 1.19. The van der Waals surface area contributed by atoms with E-state index in [9.17, 15) is 4.79 Å². The average molecular weight is 450 g/mol. The molecule has 1 saturated heterocycles. The highest BCUT2D eigenvalue weighted by Crippen LogP contribution is 2.25. The zero-order chi connectivity index (χ0) is 22.1. The predicted octanol–water partition coefficient (Wildman–Crippen LogP) is 4.32. The van der Waals surface area contributed by atoms with Crippen molar-refractivity contribution in [1.82, 2.24) is 24.9 Å². The van der Waals surface area contributed by atoms with Crippen molar-refractivity contribution in [3.63, 3.8) is 0 Å². The fraction of sp³-hybridized carbons (Fsp3) is 0.292. The van der Waals surface area contributed by atoms with Gasteiger partial charge in [-0.15, -0.1) is 0 Å². The fourth-order valence-electron chi connectivity index (χ4n) is 4.19. The van der Waals surface area contributed by atoms with Crippen molar-refractivity contribution in [3.05, 3.63) is 71.2 Å². The Morgan fingerprint density at radius 1 is 1.12 bits per heavy atom. The van der Waals surface area contributed by atoms with Gasteiger partial charge in [0.05, 0.1) is 12.5 Å². The number of carbonyl (C=O) groups excluding carboxylic acids is 1. The summed E-state index contributed by atoms with van der Waals surface area (Å²) in [6.45, 7) is 4.95. The molecule has 164 valence electrons. The van der Waals surface area contributed by atoms with Crippen molar-refractivity contribution in [2.45, 2.75) is 19.4 Å². The van der Waals surface area contributed by atoms with E-state index in [4.69, 9.17) is 16.1 Å². The normalized spacial score (nSPS) is 15.9. The molecule has 7 nitrogen and oxygen atoms in total. The Morgan fingerprint density at radius 2 is 1.88 bits per heavy atom. The number of H-pyrrole nitrogens is 1. The number of fused-ring (bicyclic) bond motifs is 1.